The van der Waals surface area contributed by atoms with Crippen molar-refractivity contribution in [2.45, 2.75) is 32.2 Å². The summed E-state index contributed by atoms with van der Waals surface area (Å²) in [4.78, 5) is 1.16. The molecule has 1 N–H and O–H groups in total. The first-order chi connectivity index (χ1) is 8.98. The van der Waals surface area contributed by atoms with Crippen LogP contribution < -0.4 is 10.1 Å². The van der Waals surface area contributed by atoms with Gasteiger partial charge in [0, 0.05) is 18.1 Å². The van der Waals surface area contributed by atoms with Crippen LogP contribution in [0.2, 0.25) is 0 Å². The zero-order valence-corrected chi connectivity index (χ0v) is 13.4. The average molecular weight is 305 g/mol. The molecule has 1 aromatic heterocycles. The van der Waals surface area contributed by atoms with Crippen molar-refractivity contribution in [3.8, 4) is 5.75 Å². The molecule has 0 fully saturated rings. The Hall–Kier alpha value is -0.590. The highest BCUT2D eigenvalue weighted by Crippen LogP contribution is 2.33. The maximum Gasteiger partial charge on any atom is 0.147 e. The molecule has 0 aliphatic rings. The molecule has 6 heteroatoms. The quantitative estimate of drug-likeness (QED) is 0.762. The smallest absolute Gasteiger partial charge is 0.147 e. The second kappa shape index (κ2) is 7.87. The second-order valence-corrected chi connectivity index (χ2v) is 7.84. The van der Waals surface area contributed by atoms with Gasteiger partial charge in [0.25, 0.3) is 0 Å². The number of hydrogen-bond acceptors (Lipinski definition) is 5. The number of methoxy groups -OCH3 is 1. The third kappa shape index (κ3) is 5.93. The van der Waals surface area contributed by atoms with E-state index >= 15 is 0 Å². The molecule has 0 amide bonds. The molecule has 0 aromatic carbocycles. The number of ether oxygens (including phenoxy) is 1. The summed E-state index contributed by atoms with van der Waals surface area (Å²) in [6, 6.07) is 2.13. The minimum absolute atomic E-state index is 0.177. The monoisotopic (exact) mass is 305 g/mol. The molecule has 1 unspecified atom stereocenters. The van der Waals surface area contributed by atoms with Crippen LogP contribution in [0.4, 0.5) is 0 Å². The zero-order chi connectivity index (χ0) is 14.3. The molecule has 0 saturated carbocycles. The van der Waals surface area contributed by atoms with Gasteiger partial charge in [-0.1, -0.05) is 6.92 Å². The van der Waals surface area contributed by atoms with Crippen LogP contribution in [0.3, 0.4) is 0 Å². The highest BCUT2D eigenvalue weighted by molar-refractivity contribution is 7.90. The maximum absolute atomic E-state index is 11.2. The second-order valence-electron chi connectivity index (χ2n) is 4.63. The summed E-state index contributed by atoms with van der Waals surface area (Å²) in [7, 11) is -1.21. The summed E-state index contributed by atoms with van der Waals surface area (Å²) in [6.07, 6.45) is 3.81. The van der Waals surface area contributed by atoms with Gasteiger partial charge in [-0.2, -0.15) is 0 Å². The van der Waals surface area contributed by atoms with Crippen LogP contribution in [0.25, 0.3) is 0 Å². The van der Waals surface area contributed by atoms with Crippen LogP contribution in [-0.2, 0) is 9.84 Å². The fraction of sp³-hybridized carbons (Fsp3) is 0.692. The topological polar surface area (TPSA) is 55.4 Å². The molecular weight excluding hydrogens is 282 g/mol. The van der Waals surface area contributed by atoms with E-state index < -0.39 is 9.84 Å². The molecule has 0 spiro atoms. The van der Waals surface area contributed by atoms with Crippen molar-refractivity contribution >= 4 is 21.2 Å². The predicted octanol–water partition coefficient (Wildman–Crippen LogP) is 2.62. The van der Waals surface area contributed by atoms with E-state index in [-0.39, 0.29) is 11.8 Å². The van der Waals surface area contributed by atoms with E-state index in [2.05, 4.69) is 12.2 Å². The molecule has 1 rings (SSSR count). The lowest BCUT2D eigenvalue weighted by Crippen LogP contribution is -2.22. The fourth-order valence-electron chi connectivity index (χ4n) is 1.93. The van der Waals surface area contributed by atoms with Crippen LogP contribution in [0.1, 0.15) is 37.1 Å². The summed E-state index contributed by atoms with van der Waals surface area (Å²) in [5.41, 5.74) is 0. The van der Waals surface area contributed by atoms with Gasteiger partial charge in [-0.15, -0.1) is 11.3 Å². The Morgan fingerprint density at radius 1 is 1.47 bits per heavy atom. The fourth-order valence-corrected chi connectivity index (χ4v) is 3.59. The van der Waals surface area contributed by atoms with Gasteiger partial charge in [-0.25, -0.2) is 8.42 Å². The molecular formula is C13H23NO3S2. The van der Waals surface area contributed by atoms with E-state index in [0.717, 1.165) is 30.0 Å². The Balaban J connectivity index is 2.66. The Morgan fingerprint density at radius 3 is 2.79 bits per heavy atom. The highest BCUT2D eigenvalue weighted by atomic mass is 32.2. The molecule has 19 heavy (non-hydrogen) atoms. The van der Waals surface area contributed by atoms with Crippen molar-refractivity contribution in [1.82, 2.24) is 5.32 Å². The van der Waals surface area contributed by atoms with Gasteiger partial charge in [0.1, 0.15) is 15.6 Å². The van der Waals surface area contributed by atoms with E-state index in [1.54, 1.807) is 18.4 Å². The standard InChI is InChI=1S/C13H23NO3S2/c1-4-8-14-11(6-5-10-19(3,15)16)13-12(17-2)7-9-18-13/h7,9,11,14H,4-6,8,10H2,1-3H3. The van der Waals surface area contributed by atoms with E-state index in [1.807, 2.05) is 11.4 Å². The SMILES string of the molecule is CCCNC(CCCS(C)(=O)=O)c1sccc1OC. The van der Waals surface area contributed by atoms with Crippen molar-refractivity contribution in [2.24, 2.45) is 0 Å². The van der Waals surface area contributed by atoms with Gasteiger partial charge in [-0.3, -0.25) is 0 Å². The van der Waals surface area contributed by atoms with Crippen molar-refractivity contribution in [2.75, 3.05) is 25.7 Å². The Labute approximate surface area is 120 Å². The van der Waals surface area contributed by atoms with E-state index in [0.29, 0.717) is 6.42 Å². The molecule has 0 bridgehead atoms. The van der Waals surface area contributed by atoms with Crippen LogP contribution in [0, 0.1) is 0 Å². The van der Waals surface area contributed by atoms with Crippen molar-refractivity contribution < 1.29 is 13.2 Å². The molecule has 110 valence electrons. The lowest BCUT2D eigenvalue weighted by molar-refractivity contribution is 0.399. The maximum atomic E-state index is 11.2. The first-order valence-electron chi connectivity index (χ1n) is 6.50. The molecule has 1 atom stereocenters. The van der Waals surface area contributed by atoms with Crippen molar-refractivity contribution in [3.05, 3.63) is 16.3 Å². The van der Waals surface area contributed by atoms with Crippen LogP contribution in [0.15, 0.2) is 11.4 Å². The summed E-state index contributed by atoms with van der Waals surface area (Å²) in [6.45, 7) is 3.04. The van der Waals surface area contributed by atoms with E-state index in [4.69, 9.17) is 4.74 Å². The van der Waals surface area contributed by atoms with Crippen LogP contribution in [-0.4, -0.2) is 34.1 Å². The van der Waals surface area contributed by atoms with E-state index in [9.17, 15) is 8.42 Å². The Kier molecular flexibility index (Phi) is 6.82. The third-order valence-electron chi connectivity index (χ3n) is 2.84. The molecule has 4 nitrogen and oxygen atoms in total. The summed E-state index contributed by atoms with van der Waals surface area (Å²) in [5.74, 6) is 1.13. The lowest BCUT2D eigenvalue weighted by Gasteiger charge is -2.18. The molecule has 0 radical (unpaired) electrons. The normalized spacial score (nSPS) is 13.4. The number of hydrogen-bond donors (Lipinski definition) is 1. The first-order valence-corrected chi connectivity index (χ1v) is 9.44. The van der Waals surface area contributed by atoms with Crippen LogP contribution in [0.5, 0.6) is 5.75 Å². The zero-order valence-electron chi connectivity index (χ0n) is 11.8. The minimum atomic E-state index is -2.88. The highest BCUT2D eigenvalue weighted by Gasteiger charge is 2.17. The largest absolute Gasteiger partial charge is 0.496 e. The van der Waals surface area contributed by atoms with Gasteiger partial charge in [0.2, 0.25) is 0 Å². The molecule has 0 aliphatic heterocycles. The van der Waals surface area contributed by atoms with Gasteiger partial charge >= 0.3 is 0 Å². The van der Waals surface area contributed by atoms with Crippen LogP contribution >= 0.6 is 11.3 Å². The lowest BCUT2D eigenvalue weighted by atomic mass is 10.1. The number of thiophene rings is 1. The van der Waals surface area contributed by atoms with E-state index in [1.165, 1.54) is 6.26 Å². The first kappa shape index (κ1) is 16.5. The van der Waals surface area contributed by atoms with Gasteiger partial charge in [0.05, 0.1) is 12.0 Å². The van der Waals surface area contributed by atoms with Gasteiger partial charge < -0.3 is 10.1 Å². The Bertz CT molecular complexity index is 468. The average Bonchev–Trinajstić information content (AvgIpc) is 2.80. The molecule has 0 saturated heterocycles. The predicted molar refractivity (Wildman–Crippen MR) is 80.9 cm³/mol. The Morgan fingerprint density at radius 2 is 2.21 bits per heavy atom. The number of sulfone groups is 1. The minimum Gasteiger partial charge on any atom is -0.496 e. The number of rotatable bonds is 9. The third-order valence-corrected chi connectivity index (χ3v) is 4.88. The van der Waals surface area contributed by atoms with Crippen molar-refractivity contribution in [1.29, 1.82) is 0 Å². The van der Waals surface area contributed by atoms with Gasteiger partial charge in [-0.05, 0) is 37.3 Å². The summed E-state index contributed by atoms with van der Waals surface area (Å²) < 4.78 is 27.7. The summed E-state index contributed by atoms with van der Waals surface area (Å²) >= 11 is 1.65. The van der Waals surface area contributed by atoms with Gasteiger partial charge in [0.15, 0.2) is 0 Å². The molecule has 1 heterocycles. The molecule has 1 aromatic rings. The summed E-state index contributed by atoms with van der Waals surface area (Å²) in [5, 5.41) is 5.47. The van der Waals surface area contributed by atoms with Crippen molar-refractivity contribution in [3.63, 3.8) is 0 Å². The molecule has 0 aliphatic carbocycles. The number of nitrogens with one attached hydrogen (secondary N) is 1.